The number of rotatable bonds is 4. The highest BCUT2D eigenvalue weighted by atomic mass is 19.1. The third kappa shape index (κ3) is 2.99. The highest BCUT2D eigenvalue weighted by molar-refractivity contribution is 5.90. The number of carboxylic acid groups (broad SMARTS) is 1. The molecule has 0 bridgehead atoms. The summed E-state index contributed by atoms with van der Waals surface area (Å²) in [4.78, 5) is 10.7. The first-order chi connectivity index (χ1) is 7.15. The zero-order chi connectivity index (χ0) is 11.3. The van der Waals surface area contributed by atoms with Gasteiger partial charge in [0.15, 0.2) is 0 Å². The van der Waals surface area contributed by atoms with E-state index in [1.807, 2.05) is 0 Å². The standard InChI is InChI=1S/C11H9FO3/c1-2-3-6-15-10-7-8(12)4-5-9(10)11(13)14/h1,4-5,7H,3,6H2,(H,13,14). The SMILES string of the molecule is C#CCCOc1cc(F)ccc1C(=O)O. The van der Waals surface area contributed by atoms with Gasteiger partial charge in [0.2, 0.25) is 0 Å². The molecule has 1 rings (SSSR count). The largest absolute Gasteiger partial charge is 0.492 e. The maximum absolute atomic E-state index is 12.8. The normalized spacial score (nSPS) is 9.33. The highest BCUT2D eigenvalue weighted by Crippen LogP contribution is 2.20. The lowest BCUT2D eigenvalue weighted by Crippen LogP contribution is -2.04. The molecule has 15 heavy (non-hydrogen) atoms. The van der Waals surface area contributed by atoms with E-state index >= 15 is 0 Å². The summed E-state index contributed by atoms with van der Waals surface area (Å²) >= 11 is 0. The molecule has 0 aliphatic carbocycles. The van der Waals surface area contributed by atoms with Gasteiger partial charge in [-0.3, -0.25) is 0 Å². The van der Waals surface area contributed by atoms with Crippen LogP contribution in [-0.4, -0.2) is 17.7 Å². The Morgan fingerprint density at radius 1 is 1.60 bits per heavy atom. The average Bonchev–Trinajstić information content (AvgIpc) is 2.18. The minimum atomic E-state index is -1.16. The van der Waals surface area contributed by atoms with Crippen LogP contribution in [0, 0.1) is 18.2 Å². The van der Waals surface area contributed by atoms with Crippen molar-refractivity contribution in [3.63, 3.8) is 0 Å². The molecule has 0 saturated heterocycles. The fourth-order valence-corrected chi connectivity index (χ4v) is 1.01. The quantitative estimate of drug-likeness (QED) is 0.607. The van der Waals surface area contributed by atoms with Gasteiger partial charge in [-0.05, 0) is 12.1 Å². The van der Waals surface area contributed by atoms with E-state index in [2.05, 4.69) is 5.92 Å². The molecule has 0 saturated carbocycles. The summed E-state index contributed by atoms with van der Waals surface area (Å²) in [5.41, 5.74) is -0.0755. The zero-order valence-electron chi connectivity index (χ0n) is 7.87. The smallest absolute Gasteiger partial charge is 0.339 e. The monoisotopic (exact) mass is 208 g/mol. The molecule has 0 radical (unpaired) electrons. The maximum atomic E-state index is 12.8. The van der Waals surface area contributed by atoms with Gasteiger partial charge >= 0.3 is 5.97 Å². The number of hydrogen-bond donors (Lipinski definition) is 1. The number of benzene rings is 1. The molecule has 0 aliphatic heterocycles. The Hall–Kier alpha value is -2.02. The van der Waals surface area contributed by atoms with Crippen LogP contribution in [0.1, 0.15) is 16.8 Å². The predicted octanol–water partition coefficient (Wildman–Crippen LogP) is 1.93. The van der Waals surface area contributed by atoms with Gasteiger partial charge in [0.25, 0.3) is 0 Å². The van der Waals surface area contributed by atoms with Crippen molar-refractivity contribution in [3.05, 3.63) is 29.6 Å². The Bertz CT molecular complexity index is 407. The van der Waals surface area contributed by atoms with E-state index in [1.165, 1.54) is 0 Å². The summed E-state index contributed by atoms with van der Waals surface area (Å²) in [6.45, 7) is 0.167. The molecule has 0 aromatic heterocycles. The third-order valence-corrected chi connectivity index (χ3v) is 1.68. The Morgan fingerprint density at radius 2 is 2.33 bits per heavy atom. The van der Waals surface area contributed by atoms with Gasteiger partial charge in [0.1, 0.15) is 17.1 Å². The minimum Gasteiger partial charge on any atom is -0.492 e. The van der Waals surface area contributed by atoms with Gasteiger partial charge in [-0.15, -0.1) is 12.3 Å². The lowest BCUT2D eigenvalue weighted by Gasteiger charge is -2.07. The number of ether oxygens (including phenoxy) is 1. The first kappa shape index (κ1) is 11.1. The Labute approximate surface area is 86.5 Å². The fraction of sp³-hybridized carbons (Fsp3) is 0.182. The zero-order valence-corrected chi connectivity index (χ0v) is 7.87. The van der Waals surface area contributed by atoms with Crippen LogP contribution in [0.4, 0.5) is 4.39 Å². The maximum Gasteiger partial charge on any atom is 0.339 e. The van der Waals surface area contributed by atoms with Gasteiger partial charge in [0.05, 0.1) is 6.61 Å². The van der Waals surface area contributed by atoms with Crippen molar-refractivity contribution in [3.8, 4) is 18.1 Å². The molecular weight excluding hydrogens is 199 g/mol. The molecule has 1 aromatic carbocycles. The van der Waals surface area contributed by atoms with E-state index in [4.69, 9.17) is 16.3 Å². The molecule has 1 aromatic rings. The molecule has 3 nitrogen and oxygen atoms in total. The predicted molar refractivity (Wildman–Crippen MR) is 52.3 cm³/mol. The Morgan fingerprint density at radius 3 is 2.93 bits per heavy atom. The van der Waals surface area contributed by atoms with Crippen molar-refractivity contribution >= 4 is 5.97 Å². The van der Waals surface area contributed by atoms with Crippen LogP contribution in [0.3, 0.4) is 0 Å². The molecule has 78 valence electrons. The number of carbonyl (C=O) groups is 1. The number of terminal acetylenes is 1. The van der Waals surface area contributed by atoms with E-state index in [0.717, 1.165) is 18.2 Å². The van der Waals surface area contributed by atoms with Crippen LogP contribution in [0.25, 0.3) is 0 Å². The minimum absolute atomic E-state index is 0.00208. The van der Waals surface area contributed by atoms with E-state index in [9.17, 15) is 9.18 Å². The van der Waals surface area contributed by atoms with E-state index in [0.29, 0.717) is 6.42 Å². The van der Waals surface area contributed by atoms with E-state index in [1.54, 1.807) is 0 Å². The number of carboxylic acids is 1. The van der Waals surface area contributed by atoms with E-state index in [-0.39, 0.29) is 17.9 Å². The molecule has 0 fully saturated rings. The van der Waals surface area contributed by atoms with Crippen molar-refractivity contribution in [2.75, 3.05) is 6.61 Å². The van der Waals surface area contributed by atoms with Gasteiger partial charge < -0.3 is 9.84 Å². The second-order valence-corrected chi connectivity index (χ2v) is 2.75. The first-order valence-electron chi connectivity index (χ1n) is 4.24. The molecule has 0 unspecified atom stereocenters. The highest BCUT2D eigenvalue weighted by Gasteiger charge is 2.11. The summed E-state index contributed by atoms with van der Waals surface area (Å²) in [6, 6.07) is 3.25. The van der Waals surface area contributed by atoms with Crippen molar-refractivity contribution in [2.45, 2.75) is 6.42 Å². The summed E-state index contributed by atoms with van der Waals surface area (Å²) < 4.78 is 17.9. The van der Waals surface area contributed by atoms with Gasteiger partial charge in [-0.2, -0.15) is 0 Å². The van der Waals surface area contributed by atoms with Crippen molar-refractivity contribution < 1.29 is 19.0 Å². The van der Waals surface area contributed by atoms with Gasteiger partial charge in [-0.1, -0.05) is 0 Å². The molecular formula is C11H9FO3. The summed E-state index contributed by atoms with van der Waals surface area (Å²) in [7, 11) is 0. The molecule has 1 N–H and O–H groups in total. The summed E-state index contributed by atoms with van der Waals surface area (Å²) in [5.74, 6) is 0.626. The summed E-state index contributed by atoms with van der Waals surface area (Å²) in [5, 5.41) is 8.77. The molecule has 0 amide bonds. The van der Waals surface area contributed by atoms with Gasteiger partial charge in [0, 0.05) is 12.5 Å². The lowest BCUT2D eigenvalue weighted by atomic mass is 10.2. The first-order valence-corrected chi connectivity index (χ1v) is 4.24. The molecule has 0 aliphatic rings. The van der Waals surface area contributed by atoms with Crippen LogP contribution in [0.2, 0.25) is 0 Å². The second-order valence-electron chi connectivity index (χ2n) is 2.75. The molecule has 4 heteroatoms. The van der Waals surface area contributed by atoms with Crippen LogP contribution >= 0.6 is 0 Å². The fourth-order valence-electron chi connectivity index (χ4n) is 1.01. The number of hydrogen-bond acceptors (Lipinski definition) is 2. The van der Waals surface area contributed by atoms with Crippen molar-refractivity contribution in [1.29, 1.82) is 0 Å². The van der Waals surface area contributed by atoms with Crippen LogP contribution in [-0.2, 0) is 0 Å². The van der Waals surface area contributed by atoms with E-state index < -0.39 is 11.8 Å². The molecule has 0 heterocycles. The lowest BCUT2D eigenvalue weighted by molar-refractivity contribution is 0.0692. The molecule has 0 spiro atoms. The summed E-state index contributed by atoms with van der Waals surface area (Å²) in [6.07, 6.45) is 5.34. The number of aromatic carboxylic acids is 1. The van der Waals surface area contributed by atoms with Crippen molar-refractivity contribution in [2.24, 2.45) is 0 Å². The second kappa shape index (κ2) is 5.01. The number of halogens is 1. The van der Waals surface area contributed by atoms with Crippen LogP contribution in [0.15, 0.2) is 18.2 Å². The topological polar surface area (TPSA) is 46.5 Å². The Kier molecular flexibility index (Phi) is 3.69. The third-order valence-electron chi connectivity index (χ3n) is 1.68. The molecule has 0 atom stereocenters. The van der Waals surface area contributed by atoms with Crippen molar-refractivity contribution in [1.82, 2.24) is 0 Å². The van der Waals surface area contributed by atoms with Crippen LogP contribution in [0.5, 0.6) is 5.75 Å². The Balaban J connectivity index is 2.88. The average molecular weight is 208 g/mol. The van der Waals surface area contributed by atoms with Crippen LogP contribution < -0.4 is 4.74 Å². The van der Waals surface area contributed by atoms with Gasteiger partial charge in [-0.25, -0.2) is 9.18 Å².